The molecule has 3 unspecified atom stereocenters. The maximum Gasteiger partial charge on any atom is 0.0446 e. The van der Waals surface area contributed by atoms with Crippen LogP contribution in [0.4, 0.5) is 0 Å². The Morgan fingerprint density at radius 3 is 2.60 bits per heavy atom. The third kappa shape index (κ3) is 1.64. The Labute approximate surface area is 95.9 Å². The van der Waals surface area contributed by atoms with Gasteiger partial charge in [0, 0.05) is 10.9 Å². The molecular formula is C13H19NS. The summed E-state index contributed by atoms with van der Waals surface area (Å²) in [5, 5.41) is 5.73. The lowest BCUT2D eigenvalue weighted by molar-refractivity contribution is 0.480. The van der Waals surface area contributed by atoms with E-state index in [4.69, 9.17) is 0 Å². The first kappa shape index (κ1) is 9.86. The predicted molar refractivity (Wildman–Crippen MR) is 65.1 cm³/mol. The van der Waals surface area contributed by atoms with E-state index in [-0.39, 0.29) is 0 Å². The molecule has 1 aromatic rings. The average molecular weight is 221 g/mol. The molecule has 1 nitrogen and oxygen atoms in total. The molecule has 1 heterocycles. The first-order chi connectivity index (χ1) is 7.42. The maximum absolute atomic E-state index is 3.53. The highest BCUT2D eigenvalue weighted by atomic mass is 32.1. The number of fused-ring (bicyclic) bond motifs is 1. The average Bonchev–Trinajstić information content (AvgIpc) is 2.74. The van der Waals surface area contributed by atoms with Crippen molar-refractivity contribution < 1.29 is 0 Å². The molecule has 15 heavy (non-hydrogen) atoms. The van der Waals surface area contributed by atoms with Gasteiger partial charge in [0.2, 0.25) is 0 Å². The minimum atomic E-state index is 0.637. The van der Waals surface area contributed by atoms with E-state index in [2.05, 4.69) is 29.9 Å². The van der Waals surface area contributed by atoms with Gasteiger partial charge in [-0.05, 0) is 49.1 Å². The third-order valence-corrected chi connectivity index (χ3v) is 5.22. The fraction of sp³-hybridized carbons (Fsp3) is 0.692. The summed E-state index contributed by atoms with van der Waals surface area (Å²) >= 11 is 1.91. The van der Waals surface area contributed by atoms with Crippen molar-refractivity contribution in [1.82, 2.24) is 5.32 Å². The Morgan fingerprint density at radius 2 is 2.07 bits per heavy atom. The second-order valence-electron chi connectivity index (χ2n) is 4.97. The fourth-order valence-corrected chi connectivity index (χ4v) is 4.43. The van der Waals surface area contributed by atoms with Gasteiger partial charge in [0.05, 0.1) is 0 Å². The van der Waals surface area contributed by atoms with Gasteiger partial charge in [-0.2, -0.15) is 0 Å². The lowest BCUT2D eigenvalue weighted by Gasteiger charge is -2.14. The number of hydrogen-bond donors (Lipinski definition) is 1. The van der Waals surface area contributed by atoms with E-state index >= 15 is 0 Å². The van der Waals surface area contributed by atoms with Crippen LogP contribution in [0.2, 0.25) is 0 Å². The molecule has 0 saturated heterocycles. The zero-order chi connectivity index (χ0) is 10.3. The highest BCUT2D eigenvalue weighted by molar-refractivity contribution is 7.10. The molecule has 0 aliphatic heterocycles. The largest absolute Gasteiger partial charge is 0.312 e. The van der Waals surface area contributed by atoms with Crippen molar-refractivity contribution in [2.75, 3.05) is 7.05 Å². The van der Waals surface area contributed by atoms with Crippen LogP contribution < -0.4 is 5.32 Å². The van der Waals surface area contributed by atoms with Gasteiger partial charge in [-0.25, -0.2) is 0 Å². The van der Waals surface area contributed by atoms with Crippen molar-refractivity contribution in [1.29, 1.82) is 0 Å². The minimum absolute atomic E-state index is 0.637. The van der Waals surface area contributed by atoms with Crippen LogP contribution >= 0.6 is 11.3 Å². The smallest absolute Gasteiger partial charge is 0.0446 e. The van der Waals surface area contributed by atoms with E-state index in [1.54, 1.807) is 0 Å². The van der Waals surface area contributed by atoms with Gasteiger partial charge in [-0.3, -0.25) is 0 Å². The van der Waals surface area contributed by atoms with E-state index in [0.29, 0.717) is 6.04 Å². The molecule has 0 bridgehead atoms. The molecule has 82 valence electrons. The van der Waals surface area contributed by atoms with Crippen molar-refractivity contribution in [2.45, 2.75) is 31.7 Å². The molecule has 3 rings (SSSR count). The van der Waals surface area contributed by atoms with Gasteiger partial charge < -0.3 is 5.32 Å². The van der Waals surface area contributed by atoms with Crippen LogP contribution in [-0.2, 0) is 0 Å². The standard InChI is InChI=1S/C13H19NS/c1-14-13(11-7-4-8-15-11)12-9-5-2-3-6-10(9)12/h4,7-10,12-14H,2-3,5-6H2,1H3. The molecule has 0 amide bonds. The SMILES string of the molecule is CNC(c1cccs1)C1C2CCCCC21. The van der Waals surface area contributed by atoms with Crippen molar-refractivity contribution in [2.24, 2.45) is 17.8 Å². The molecule has 2 fully saturated rings. The Morgan fingerprint density at radius 1 is 1.33 bits per heavy atom. The number of hydrogen-bond acceptors (Lipinski definition) is 2. The van der Waals surface area contributed by atoms with Crippen molar-refractivity contribution >= 4 is 11.3 Å². The van der Waals surface area contributed by atoms with Crippen LogP contribution in [-0.4, -0.2) is 7.05 Å². The first-order valence-corrected chi connectivity index (χ1v) is 7.00. The zero-order valence-corrected chi connectivity index (χ0v) is 10.1. The van der Waals surface area contributed by atoms with Gasteiger partial charge >= 0.3 is 0 Å². The Bertz CT molecular complexity index is 307. The molecule has 2 heteroatoms. The zero-order valence-electron chi connectivity index (χ0n) is 9.28. The molecule has 1 N–H and O–H groups in total. The summed E-state index contributed by atoms with van der Waals surface area (Å²) < 4.78 is 0. The Balaban J connectivity index is 1.75. The molecule has 1 aromatic heterocycles. The quantitative estimate of drug-likeness (QED) is 0.824. The molecule has 2 saturated carbocycles. The summed E-state index contributed by atoms with van der Waals surface area (Å²) in [7, 11) is 2.12. The van der Waals surface area contributed by atoms with Crippen LogP contribution in [0.1, 0.15) is 36.6 Å². The van der Waals surface area contributed by atoms with Crippen LogP contribution in [0.15, 0.2) is 17.5 Å². The minimum Gasteiger partial charge on any atom is -0.312 e. The Hall–Kier alpha value is -0.340. The molecule has 2 aliphatic rings. The van der Waals surface area contributed by atoms with Crippen LogP contribution in [0.3, 0.4) is 0 Å². The fourth-order valence-electron chi connectivity index (χ4n) is 3.53. The molecule has 3 atom stereocenters. The molecule has 2 aliphatic carbocycles. The normalized spacial score (nSPS) is 35.9. The number of rotatable bonds is 3. The van der Waals surface area contributed by atoms with Crippen molar-refractivity contribution in [3.05, 3.63) is 22.4 Å². The summed E-state index contributed by atoms with van der Waals surface area (Å²) in [5.41, 5.74) is 0. The Kier molecular flexibility index (Phi) is 2.57. The van der Waals surface area contributed by atoms with Crippen LogP contribution in [0.25, 0.3) is 0 Å². The van der Waals surface area contributed by atoms with Gasteiger partial charge in [0.25, 0.3) is 0 Å². The summed E-state index contributed by atoms with van der Waals surface area (Å²) in [4.78, 5) is 1.54. The van der Waals surface area contributed by atoms with E-state index in [0.717, 1.165) is 17.8 Å². The van der Waals surface area contributed by atoms with Gasteiger partial charge in [-0.15, -0.1) is 11.3 Å². The van der Waals surface area contributed by atoms with Crippen LogP contribution in [0, 0.1) is 17.8 Å². The highest BCUT2D eigenvalue weighted by Gasteiger charge is 2.54. The van der Waals surface area contributed by atoms with Crippen molar-refractivity contribution in [3.63, 3.8) is 0 Å². The lowest BCUT2D eigenvalue weighted by atomic mass is 10.0. The van der Waals surface area contributed by atoms with E-state index in [9.17, 15) is 0 Å². The van der Waals surface area contributed by atoms with Gasteiger partial charge in [0.1, 0.15) is 0 Å². The summed E-state index contributed by atoms with van der Waals surface area (Å²) in [6, 6.07) is 5.10. The monoisotopic (exact) mass is 221 g/mol. The molecule has 0 spiro atoms. The number of thiophene rings is 1. The summed E-state index contributed by atoms with van der Waals surface area (Å²) in [6.45, 7) is 0. The third-order valence-electron chi connectivity index (χ3n) is 4.27. The molecular weight excluding hydrogens is 202 g/mol. The predicted octanol–water partition coefficient (Wildman–Crippen LogP) is 3.44. The highest BCUT2D eigenvalue weighted by Crippen LogP contribution is 2.60. The second-order valence-corrected chi connectivity index (χ2v) is 5.95. The summed E-state index contributed by atoms with van der Waals surface area (Å²) in [5.74, 6) is 3.02. The number of nitrogens with one attached hydrogen (secondary N) is 1. The van der Waals surface area contributed by atoms with E-state index < -0.39 is 0 Å². The van der Waals surface area contributed by atoms with E-state index in [1.807, 2.05) is 11.3 Å². The van der Waals surface area contributed by atoms with Gasteiger partial charge in [0.15, 0.2) is 0 Å². The van der Waals surface area contributed by atoms with Crippen molar-refractivity contribution in [3.8, 4) is 0 Å². The maximum atomic E-state index is 3.53. The topological polar surface area (TPSA) is 12.0 Å². The molecule has 0 radical (unpaired) electrons. The second kappa shape index (κ2) is 3.91. The van der Waals surface area contributed by atoms with E-state index in [1.165, 1.54) is 30.6 Å². The van der Waals surface area contributed by atoms with Crippen LogP contribution in [0.5, 0.6) is 0 Å². The summed E-state index contributed by atoms with van der Waals surface area (Å²) in [6.07, 6.45) is 5.91. The first-order valence-electron chi connectivity index (χ1n) is 6.12. The van der Waals surface area contributed by atoms with Gasteiger partial charge in [-0.1, -0.05) is 18.9 Å². The molecule has 0 aromatic carbocycles. The lowest BCUT2D eigenvalue weighted by Crippen LogP contribution is -2.18.